The van der Waals surface area contributed by atoms with E-state index >= 15 is 0 Å². The lowest BCUT2D eigenvalue weighted by Gasteiger charge is -2.32. The highest BCUT2D eigenvalue weighted by Crippen LogP contribution is 2.60. The summed E-state index contributed by atoms with van der Waals surface area (Å²) in [6, 6.07) is 4.63. The second-order valence-corrected chi connectivity index (χ2v) is 9.63. The Kier molecular flexibility index (Phi) is 5.47. The molecular formula is C25H22F5N3O3. The SMILES string of the molecule is C[C@@H]1[C@H](c2ccc(F)c(F)c2C2CC2)[C@@H](c2cc(=O)c3c(C(N)=O)nccc3[nH]2)O[C@]1(C)C(F)(F)F. The van der Waals surface area contributed by atoms with Crippen molar-refractivity contribution in [3.8, 4) is 0 Å². The van der Waals surface area contributed by atoms with Crippen LogP contribution < -0.4 is 11.2 Å². The molecule has 0 spiro atoms. The molecule has 2 aromatic heterocycles. The van der Waals surface area contributed by atoms with Gasteiger partial charge in [0.2, 0.25) is 0 Å². The number of carbonyl (C=O) groups excluding carboxylic acids is 1. The van der Waals surface area contributed by atoms with Crippen molar-refractivity contribution in [2.24, 2.45) is 11.7 Å². The molecule has 6 nitrogen and oxygen atoms in total. The summed E-state index contributed by atoms with van der Waals surface area (Å²) in [7, 11) is 0. The van der Waals surface area contributed by atoms with Gasteiger partial charge in [-0.1, -0.05) is 13.0 Å². The van der Waals surface area contributed by atoms with Crippen LogP contribution in [0.15, 0.2) is 35.3 Å². The minimum absolute atomic E-state index is 0.00502. The van der Waals surface area contributed by atoms with Crippen LogP contribution in [-0.4, -0.2) is 27.7 Å². The molecule has 190 valence electrons. The van der Waals surface area contributed by atoms with Gasteiger partial charge in [-0.15, -0.1) is 0 Å². The molecule has 3 aromatic rings. The number of H-pyrrole nitrogens is 1. The summed E-state index contributed by atoms with van der Waals surface area (Å²) in [6.45, 7) is 2.26. The Labute approximate surface area is 201 Å². The fraction of sp³-hybridized carbons (Fsp3) is 0.400. The maximum atomic E-state index is 14.9. The number of benzene rings is 1. The Morgan fingerprint density at radius 1 is 1.22 bits per heavy atom. The average Bonchev–Trinajstić information content (AvgIpc) is 3.60. The Bertz CT molecular complexity index is 1450. The van der Waals surface area contributed by atoms with Crippen molar-refractivity contribution < 1.29 is 31.5 Å². The molecule has 2 fully saturated rings. The lowest BCUT2D eigenvalue weighted by atomic mass is 9.75. The molecule has 3 heterocycles. The smallest absolute Gasteiger partial charge is 0.364 e. The number of alkyl halides is 3. The largest absolute Gasteiger partial charge is 0.417 e. The monoisotopic (exact) mass is 507 g/mol. The molecule has 0 bridgehead atoms. The van der Waals surface area contributed by atoms with Crippen LogP contribution in [-0.2, 0) is 4.74 Å². The number of aromatic nitrogens is 2. The van der Waals surface area contributed by atoms with Crippen molar-refractivity contribution >= 4 is 16.8 Å². The number of ether oxygens (including phenoxy) is 1. The van der Waals surface area contributed by atoms with E-state index < -0.39 is 52.7 Å². The molecule has 3 N–H and O–H groups in total. The zero-order valence-electron chi connectivity index (χ0n) is 19.2. The van der Waals surface area contributed by atoms with E-state index in [1.54, 1.807) is 0 Å². The van der Waals surface area contributed by atoms with E-state index in [9.17, 15) is 31.5 Å². The molecule has 1 saturated carbocycles. The van der Waals surface area contributed by atoms with Crippen LogP contribution in [0.3, 0.4) is 0 Å². The van der Waals surface area contributed by atoms with Crippen molar-refractivity contribution in [1.82, 2.24) is 9.97 Å². The number of fused-ring (bicyclic) bond motifs is 1. The van der Waals surface area contributed by atoms with Crippen LogP contribution in [0.5, 0.6) is 0 Å². The van der Waals surface area contributed by atoms with Crippen LogP contribution in [0, 0.1) is 17.6 Å². The number of carbonyl (C=O) groups is 1. The molecule has 11 heteroatoms. The van der Waals surface area contributed by atoms with Gasteiger partial charge in [-0.25, -0.2) is 8.78 Å². The highest BCUT2D eigenvalue weighted by molar-refractivity contribution is 6.03. The fourth-order valence-electron chi connectivity index (χ4n) is 5.28. The van der Waals surface area contributed by atoms with Crippen LogP contribution in [0.25, 0.3) is 10.9 Å². The molecule has 1 amide bonds. The van der Waals surface area contributed by atoms with Gasteiger partial charge in [0.25, 0.3) is 5.91 Å². The number of primary amides is 1. The molecular weight excluding hydrogens is 485 g/mol. The van der Waals surface area contributed by atoms with E-state index in [0.717, 1.165) is 19.1 Å². The number of halogens is 5. The summed E-state index contributed by atoms with van der Waals surface area (Å²) in [5, 5.41) is -0.110. The number of nitrogens with zero attached hydrogens (tertiary/aromatic N) is 1. The van der Waals surface area contributed by atoms with Crippen molar-refractivity contribution in [1.29, 1.82) is 0 Å². The molecule has 4 atom stereocenters. The molecule has 5 rings (SSSR count). The maximum Gasteiger partial charge on any atom is 0.417 e. The molecule has 0 unspecified atom stereocenters. The van der Waals surface area contributed by atoms with E-state index in [2.05, 4.69) is 9.97 Å². The number of aromatic amines is 1. The first-order valence-corrected chi connectivity index (χ1v) is 11.4. The van der Waals surface area contributed by atoms with Gasteiger partial charge in [-0.05, 0) is 48.9 Å². The Morgan fingerprint density at radius 3 is 2.53 bits per heavy atom. The topological polar surface area (TPSA) is 98.1 Å². The minimum atomic E-state index is -4.79. The molecule has 36 heavy (non-hydrogen) atoms. The summed E-state index contributed by atoms with van der Waals surface area (Å²) in [4.78, 5) is 31.5. The van der Waals surface area contributed by atoms with Gasteiger partial charge in [0.15, 0.2) is 22.7 Å². The second-order valence-electron chi connectivity index (χ2n) is 9.63. The quantitative estimate of drug-likeness (QED) is 0.486. The summed E-state index contributed by atoms with van der Waals surface area (Å²) in [5.74, 6) is -5.68. The van der Waals surface area contributed by atoms with Gasteiger partial charge in [-0.2, -0.15) is 13.2 Å². The third-order valence-electron chi connectivity index (χ3n) is 7.48. The van der Waals surface area contributed by atoms with Gasteiger partial charge in [0, 0.05) is 29.8 Å². The zero-order chi connectivity index (χ0) is 26.2. The lowest BCUT2D eigenvalue weighted by Crippen LogP contribution is -2.46. The van der Waals surface area contributed by atoms with Gasteiger partial charge >= 0.3 is 6.18 Å². The maximum absolute atomic E-state index is 14.9. The van der Waals surface area contributed by atoms with E-state index in [4.69, 9.17) is 10.5 Å². The average molecular weight is 507 g/mol. The Balaban J connectivity index is 1.74. The Hall–Kier alpha value is -3.34. The van der Waals surface area contributed by atoms with Gasteiger partial charge in [0.05, 0.1) is 10.9 Å². The fourth-order valence-corrected chi connectivity index (χ4v) is 5.28. The standard InChI is InChI=1S/C25H22F5N3O3/c1-10-17(12-5-6-13(26)20(27)18(12)11-3-4-11)22(36-24(10,2)25(28,29)30)15-9-16(34)19-14(33-15)7-8-32-21(19)23(31)35/h5-11,17,22H,3-4H2,1-2H3,(H2,31,35)(H,33,34)/t10-,17-,22-,24+/m1/s1. The zero-order valence-corrected chi connectivity index (χ0v) is 19.2. The highest BCUT2D eigenvalue weighted by Gasteiger charge is 2.65. The predicted molar refractivity (Wildman–Crippen MR) is 119 cm³/mol. The van der Waals surface area contributed by atoms with Gasteiger partial charge in [-0.3, -0.25) is 14.6 Å². The lowest BCUT2D eigenvalue weighted by molar-refractivity contribution is -0.275. The van der Waals surface area contributed by atoms with Crippen molar-refractivity contribution in [2.75, 3.05) is 0 Å². The van der Waals surface area contributed by atoms with E-state index in [0.29, 0.717) is 12.8 Å². The molecule has 1 aromatic carbocycles. The third-order valence-corrected chi connectivity index (χ3v) is 7.48. The number of amides is 1. The molecule has 1 saturated heterocycles. The molecule has 1 aliphatic carbocycles. The Morgan fingerprint density at radius 2 is 1.92 bits per heavy atom. The number of hydrogen-bond donors (Lipinski definition) is 2. The summed E-state index contributed by atoms with van der Waals surface area (Å²) in [5.41, 5.74) is 2.10. The first kappa shape index (κ1) is 24.4. The van der Waals surface area contributed by atoms with Gasteiger partial charge in [0.1, 0.15) is 11.8 Å². The van der Waals surface area contributed by atoms with E-state index in [1.807, 2.05) is 0 Å². The normalized spacial score (nSPS) is 26.5. The summed E-state index contributed by atoms with van der Waals surface area (Å²) in [6.07, 6.45) is -3.73. The van der Waals surface area contributed by atoms with Crippen LogP contribution >= 0.6 is 0 Å². The van der Waals surface area contributed by atoms with E-state index in [-0.39, 0.29) is 39.3 Å². The number of nitrogens with two attached hydrogens (primary N) is 1. The van der Waals surface area contributed by atoms with Crippen LogP contribution in [0.2, 0.25) is 0 Å². The number of hydrogen-bond acceptors (Lipinski definition) is 4. The number of nitrogens with one attached hydrogen (secondary N) is 1. The van der Waals surface area contributed by atoms with Crippen molar-refractivity contribution in [2.45, 2.75) is 56.4 Å². The van der Waals surface area contributed by atoms with Crippen molar-refractivity contribution in [3.05, 3.63) is 74.8 Å². The molecule has 1 aliphatic heterocycles. The van der Waals surface area contributed by atoms with Gasteiger partial charge < -0.3 is 15.5 Å². The first-order chi connectivity index (χ1) is 16.8. The van der Waals surface area contributed by atoms with Crippen LogP contribution in [0.1, 0.15) is 71.9 Å². The van der Waals surface area contributed by atoms with E-state index in [1.165, 1.54) is 25.3 Å². The molecule has 2 aliphatic rings. The summed E-state index contributed by atoms with van der Waals surface area (Å²) < 4.78 is 77.6. The predicted octanol–water partition coefficient (Wildman–Crippen LogP) is 4.99. The highest BCUT2D eigenvalue weighted by atomic mass is 19.4. The first-order valence-electron chi connectivity index (χ1n) is 11.4. The second kappa shape index (κ2) is 8.09. The number of rotatable bonds is 4. The van der Waals surface area contributed by atoms with Crippen LogP contribution in [0.4, 0.5) is 22.0 Å². The third kappa shape index (κ3) is 3.59. The van der Waals surface area contributed by atoms with Crippen molar-refractivity contribution in [3.63, 3.8) is 0 Å². The minimum Gasteiger partial charge on any atom is -0.364 e. The number of pyridine rings is 2. The molecule has 0 radical (unpaired) electrons. The summed E-state index contributed by atoms with van der Waals surface area (Å²) >= 11 is 0.